The summed E-state index contributed by atoms with van der Waals surface area (Å²) in [6, 6.07) is 10.1. The predicted molar refractivity (Wildman–Crippen MR) is 54.1 cm³/mol. The van der Waals surface area contributed by atoms with Crippen molar-refractivity contribution in [2.45, 2.75) is 6.92 Å². The molecular formula is C12H12O. The molecule has 1 aromatic carbocycles. The van der Waals surface area contributed by atoms with E-state index in [0.717, 1.165) is 11.1 Å². The first kappa shape index (κ1) is 9.41. The van der Waals surface area contributed by atoms with Crippen molar-refractivity contribution in [2.75, 3.05) is 7.11 Å². The van der Waals surface area contributed by atoms with Crippen LogP contribution in [0.25, 0.3) is 5.57 Å². The number of hydrogen-bond donors (Lipinski definition) is 0. The highest BCUT2D eigenvalue weighted by molar-refractivity contribution is 5.62. The van der Waals surface area contributed by atoms with Crippen LogP contribution in [-0.4, -0.2) is 7.11 Å². The van der Waals surface area contributed by atoms with Crippen molar-refractivity contribution in [3.63, 3.8) is 0 Å². The van der Waals surface area contributed by atoms with Crippen LogP contribution in [0.5, 0.6) is 0 Å². The normalized spacial score (nSPS) is 8.15. The van der Waals surface area contributed by atoms with Crippen molar-refractivity contribution >= 4 is 5.57 Å². The Morgan fingerprint density at radius 1 is 1.31 bits per heavy atom. The van der Waals surface area contributed by atoms with Gasteiger partial charge in [0, 0.05) is 5.57 Å². The molecule has 0 atom stereocenters. The molecule has 0 saturated heterocycles. The number of rotatable bonds is 2. The van der Waals surface area contributed by atoms with E-state index in [0.29, 0.717) is 0 Å². The molecule has 0 amide bonds. The minimum atomic E-state index is 1.05. The summed E-state index contributed by atoms with van der Waals surface area (Å²) >= 11 is 0. The molecule has 0 aliphatic heterocycles. The lowest BCUT2D eigenvalue weighted by Gasteiger charge is -1.94. The Morgan fingerprint density at radius 2 is 2.00 bits per heavy atom. The second kappa shape index (κ2) is 5.05. The molecule has 0 N–H and O–H groups in total. The maximum Gasteiger partial charge on any atom is 0.133 e. The predicted octanol–water partition coefficient (Wildman–Crippen LogP) is 3.00. The molecule has 1 nitrogen and oxygen atoms in total. The molecule has 0 fully saturated rings. The first-order chi connectivity index (χ1) is 6.34. The first-order valence-corrected chi connectivity index (χ1v) is 4.09. The Hall–Kier alpha value is -1.68. The molecule has 0 bridgehead atoms. The van der Waals surface area contributed by atoms with Crippen LogP contribution in [0.3, 0.4) is 0 Å². The van der Waals surface area contributed by atoms with Gasteiger partial charge in [-0.05, 0) is 18.2 Å². The number of methoxy groups -OCH3 is 1. The monoisotopic (exact) mass is 172 g/mol. The average molecular weight is 172 g/mol. The molecule has 1 heteroatoms. The number of ether oxygens (including phenoxy) is 1. The molecule has 0 aliphatic carbocycles. The van der Waals surface area contributed by atoms with E-state index in [2.05, 4.69) is 11.5 Å². The van der Waals surface area contributed by atoms with Gasteiger partial charge < -0.3 is 4.74 Å². The quantitative estimate of drug-likeness (QED) is 0.492. The summed E-state index contributed by atoms with van der Waals surface area (Å²) in [6.45, 7) is 1.99. The molecule has 0 aliphatic rings. The van der Waals surface area contributed by atoms with E-state index in [1.165, 1.54) is 6.26 Å². The zero-order valence-electron chi connectivity index (χ0n) is 7.87. The Labute approximate surface area is 78.7 Å². The molecule has 0 unspecified atom stereocenters. The van der Waals surface area contributed by atoms with Gasteiger partial charge in [-0.3, -0.25) is 0 Å². The van der Waals surface area contributed by atoms with Crippen molar-refractivity contribution in [3.05, 3.63) is 53.6 Å². The third-order valence-corrected chi connectivity index (χ3v) is 1.64. The van der Waals surface area contributed by atoms with Gasteiger partial charge in [0.15, 0.2) is 0 Å². The first-order valence-electron chi connectivity index (χ1n) is 4.09. The van der Waals surface area contributed by atoms with Gasteiger partial charge in [0.1, 0.15) is 6.26 Å². The summed E-state index contributed by atoms with van der Waals surface area (Å²) in [5, 5.41) is 0. The summed E-state index contributed by atoms with van der Waals surface area (Å²) in [5.41, 5.74) is 7.99. The van der Waals surface area contributed by atoms with Gasteiger partial charge in [0.05, 0.1) is 7.11 Å². The van der Waals surface area contributed by atoms with Crippen LogP contribution >= 0.6 is 0 Å². The molecule has 1 rings (SSSR count). The van der Waals surface area contributed by atoms with Gasteiger partial charge in [-0.1, -0.05) is 36.1 Å². The molecule has 13 heavy (non-hydrogen) atoms. The smallest absolute Gasteiger partial charge is 0.133 e. The summed E-state index contributed by atoms with van der Waals surface area (Å²) in [7, 11) is 1.59. The highest BCUT2D eigenvalue weighted by atomic mass is 16.5. The number of hydrogen-bond acceptors (Lipinski definition) is 1. The van der Waals surface area contributed by atoms with Gasteiger partial charge in [-0.15, -0.1) is 0 Å². The van der Waals surface area contributed by atoms with Crippen LogP contribution in [0.4, 0.5) is 0 Å². The Bertz CT molecular complexity index is 350. The lowest BCUT2D eigenvalue weighted by molar-refractivity contribution is 0.339. The zero-order valence-corrected chi connectivity index (χ0v) is 7.87. The molecule has 66 valence electrons. The maximum absolute atomic E-state index is 4.72. The second-order valence-electron chi connectivity index (χ2n) is 2.61. The summed E-state index contributed by atoms with van der Waals surface area (Å²) in [6.07, 6.45) is 1.48. The summed E-state index contributed by atoms with van der Waals surface area (Å²) < 4.78 is 4.72. The van der Waals surface area contributed by atoms with E-state index in [4.69, 9.17) is 4.74 Å². The fourth-order valence-electron chi connectivity index (χ4n) is 0.957. The molecule has 1 aromatic rings. The van der Waals surface area contributed by atoms with Crippen LogP contribution in [0, 0.1) is 0 Å². The molecular weight excluding hydrogens is 160 g/mol. The van der Waals surface area contributed by atoms with Gasteiger partial charge >= 0.3 is 0 Å². The molecule has 0 radical (unpaired) electrons. The molecule has 0 heterocycles. The standard InChI is InChI=1S/C12H12O/c1-11(7-6-10-13-2)12-8-4-3-5-9-12/h3-5,8-10H,1-2H3. The van der Waals surface area contributed by atoms with Crippen LogP contribution in [0.2, 0.25) is 0 Å². The van der Waals surface area contributed by atoms with E-state index in [-0.39, 0.29) is 0 Å². The topological polar surface area (TPSA) is 9.23 Å². The minimum Gasteiger partial charge on any atom is -0.496 e. The van der Waals surface area contributed by atoms with Gasteiger partial charge in [0.2, 0.25) is 0 Å². The summed E-state index contributed by atoms with van der Waals surface area (Å²) in [4.78, 5) is 0. The largest absolute Gasteiger partial charge is 0.496 e. The Balaban J connectivity index is 2.98. The van der Waals surface area contributed by atoms with E-state index >= 15 is 0 Å². The van der Waals surface area contributed by atoms with Crippen molar-refractivity contribution in [1.82, 2.24) is 0 Å². The van der Waals surface area contributed by atoms with E-state index < -0.39 is 0 Å². The zero-order chi connectivity index (χ0) is 9.52. The third-order valence-electron chi connectivity index (χ3n) is 1.64. The van der Waals surface area contributed by atoms with Gasteiger partial charge in [0.25, 0.3) is 0 Å². The second-order valence-corrected chi connectivity index (χ2v) is 2.61. The van der Waals surface area contributed by atoms with E-state index in [1.54, 1.807) is 7.11 Å². The third kappa shape index (κ3) is 3.04. The Kier molecular flexibility index (Phi) is 3.66. The lowest BCUT2D eigenvalue weighted by atomic mass is 10.1. The highest BCUT2D eigenvalue weighted by Gasteiger charge is 1.89. The number of allylic oxidation sites excluding steroid dienone is 1. The van der Waals surface area contributed by atoms with Crippen molar-refractivity contribution in [1.29, 1.82) is 0 Å². The SMILES string of the molecule is COC=C=C=C(C)c1ccccc1. The van der Waals surface area contributed by atoms with Crippen LogP contribution in [-0.2, 0) is 4.74 Å². The van der Waals surface area contributed by atoms with Crippen molar-refractivity contribution in [2.24, 2.45) is 0 Å². The number of benzene rings is 1. The molecule has 0 saturated carbocycles. The fourth-order valence-corrected chi connectivity index (χ4v) is 0.957. The van der Waals surface area contributed by atoms with Crippen LogP contribution in [0.1, 0.15) is 12.5 Å². The highest BCUT2D eigenvalue weighted by Crippen LogP contribution is 2.10. The van der Waals surface area contributed by atoms with Crippen molar-refractivity contribution < 1.29 is 4.74 Å². The molecule has 0 aromatic heterocycles. The van der Waals surface area contributed by atoms with Crippen molar-refractivity contribution in [3.8, 4) is 0 Å². The van der Waals surface area contributed by atoms with Gasteiger partial charge in [-0.25, -0.2) is 0 Å². The minimum absolute atomic E-state index is 1.05. The van der Waals surface area contributed by atoms with E-state index in [9.17, 15) is 0 Å². The fraction of sp³-hybridized carbons (Fsp3) is 0.167. The van der Waals surface area contributed by atoms with Crippen LogP contribution in [0.15, 0.2) is 48.1 Å². The molecule has 0 spiro atoms. The van der Waals surface area contributed by atoms with Gasteiger partial charge in [-0.2, -0.15) is 0 Å². The maximum atomic E-state index is 4.72. The Morgan fingerprint density at radius 3 is 2.62 bits per heavy atom. The average Bonchev–Trinajstić information content (AvgIpc) is 2.19. The van der Waals surface area contributed by atoms with Crippen LogP contribution < -0.4 is 0 Å². The summed E-state index contributed by atoms with van der Waals surface area (Å²) in [5.74, 6) is 0. The van der Waals surface area contributed by atoms with E-state index in [1.807, 2.05) is 37.3 Å². The lowest BCUT2D eigenvalue weighted by Crippen LogP contribution is -1.74.